The molecule has 0 spiro atoms. The van der Waals surface area contributed by atoms with Crippen molar-refractivity contribution in [1.82, 2.24) is 23.8 Å². The number of ether oxygens (including phenoxy) is 1. The van der Waals surface area contributed by atoms with Gasteiger partial charge in [0, 0.05) is 54.9 Å². The topological polar surface area (TPSA) is 102 Å². The Labute approximate surface area is 204 Å². The quantitative estimate of drug-likeness (QED) is 0.416. The number of hydrogen-bond donors (Lipinski definition) is 1. The van der Waals surface area contributed by atoms with Gasteiger partial charge in [-0.2, -0.15) is 4.31 Å². The summed E-state index contributed by atoms with van der Waals surface area (Å²) in [5, 5.41) is 4.26. The number of rotatable bonds is 7. The zero-order valence-electron chi connectivity index (χ0n) is 19.8. The van der Waals surface area contributed by atoms with Crippen LogP contribution in [0, 0.1) is 6.92 Å². The number of nitrogens with one attached hydrogen (secondary N) is 1. The molecule has 1 fully saturated rings. The molecule has 0 atom stereocenters. The van der Waals surface area contributed by atoms with Crippen LogP contribution in [0.4, 0.5) is 11.6 Å². The van der Waals surface area contributed by atoms with Crippen molar-refractivity contribution in [3.8, 4) is 11.3 Å². The lowest BCUT2D eigenvalue weighted by Gasteiger charge is -2.26. The lowest BCUT2D eigenvalue weighted by atomic mass is 10.1. The van der Waals surface area contributed by atoms with Crippen LogP contribution in [0.15, 0.2) is 60.0 Å². The Morgan fingerprint density at radius 2 is 1.94 bits per heavy atom. The van der Waals surface area contributed by atoms with Gasteiger partial charge in [-0.1, -0.05) is 13.0 Å². The molecule has 0 radical (unpaired) electrons. The van der Waals surface area contributed by atoms with E-state index in [0.29, 0.717) is 43.5 Å². The summed E-state index contributed by atoms with van der Waals surface area (Å²) in [4.78, 5) is 13.7. The molecular formula is C25H28N6O3S. The molecule has 10 heteroatoms. The number of fused-ring (bicyclic) bond motifs is 1. The molecule has 35 heavy (non-hydrogen) atoms. The third-order valence-corrected chi connectivity index (χ3v) is 8.15. The van der Waals surface area contributed by atoms with Crippen LogP contribution in [0.2, 0.25) is 0 Å². The molecule has 0 amide bonds. The van der Waals surface area contributed by atoms with E-state index in [4.69, 9.17) is 9.72 Å². The third-order valence-electron chi connectivity index (χ3n) is 6.11. The van der Waals surface area contributed by atoms with Crippen LogP contribution in [0.25, 0.3) is 22.2 Å². The maximum absolute atomic E-state index is 13.2. The van der Waals surface area contributed by atoms with E-state index in [1.165, 1.54) is 4.31 Å². The summed E-state index contributed by atoms with van der Waals surface area (Å²) < 4.78 is 35.4. The van der Waals surface area contributed by atoms with Gasteiger partial charge >= 0.3 is 0 Å². The molecule has 1 aliphatic heterocycles. The molecular weight excluding hydrogens is 464 g/mol. The van der Waals surface area contributed by atoms with Crippen molar-refractivity contribution in [2.45, 2.75) is 31.7 Å². The minimum Gasteiger partial charge on any atom is -0.379 e. The smallest absolute Gasteiger partial charge is 0.243 e. The molecule has 4 aromatic rings. The predicted molar refractivity (Wildman–Crippen MR) is 135 cm³/mol. The molecule has 5 rings (SSSR count). The number of morpholine rings is 1. The van der Waals surface area contributed by atoms with Gasteiger partial charge in [0.05, 0.1) is 35.5 Å². The van der Waals surface area contributed by atoms with Crippen LogP contribution in [-0.4, -0.2) is 58.5 Å². The Balaban J connectivity index is 1.46. The van der Waals surface area contributed by atoms with E-state index in [1.807, 2.05) is 24.4 Å². The number of anilines is 2. The van der Waals surface area contributed by atoms with Crippen molar-refractivity contribution in [1.29, 1.82) is 0 Å². The van der Waals surface area contributed by atoms with Gasteiger partial charge in [0.2, 0.25) is 16.0 Å². The highest BCUT2D eigenvalue weighted by Crippen LogP contribution is 2.30. The van der Waals surface area contributed by atoms with Crippen LogP contribution in [0.1, 0.15) is 18.9 Å². The Hall–Kier alpha value is -3.34. The number of benzene rings is 1. The lowest BCUT2D eigenvalue weighted by Crippen LogP contribution is -2.40. The average molecular weight is 493 g/mol. The number of aryl methyl sites for hydroxylation is 2. The van der Waals surface area contributed by atoms with Gasteiger partial charge in [0.1, 0.15) is 0 Å². The van der Waals surface area contributed by atoms with Crippen molar-refractivity contribution in [2.24, 2.45) is 0 Å². The van der Waals surface area contributed by atoms with Crippen molar-refractivity contribution in [2.75, 3.05) is 31.6 Å². The van der Waals surface area contributed by atoms with Gasteiger partial charge in [-0.15, -0.1) is 0 Å². The highest BCUT2D eigenvalue weighted by Gasteiger charge is 2.28. The number of aromatic nitrogens is 4. The second-order valence-electron chi connectivity index (χ2n) is 8.52. The molecule has 4 heterocycles. The maximum Gasteiger partial charge on any atom is 0.243 e. The van der Waals surface area contributed by atoms with Gasteiger partial charge in [-0.05, 0) is 43.2 Å². The van der Waals surface area contributed by atoms with Crippen LogP contribution in [-0.2, 0) is 21.3 Å². The van der Waals surface area contributed by atoms with Crippen LogP contribution < -0.4 is 5.32 Å². The molecule has 0 saturated carbocycles. The van der Waals surface area contributed by atoms with Gasteiger partial charge in [0.15, 0.2) is 0 Å². The zero-order chi connectivity index (χ0) is 24.4. The van der Waals surface area contributed by atoms with Crippen molar-refractivity contribution >= 4 is 32.6 Å². The largest absolute Gasteiger partial charge is 0.379 e. The second-order valence-corrected chi connectivity index (χ2v) is 10.4. The number of pyridine rings is 1. The maximum atomic E-state index is 13.2. The molecule has 1 aromatic carbocycles. The Morgan fingerprint density at radius 1 is 1.11 bits per heavy atom. The molecule has 3 aromatic heterocycles. The summed E-state index contributed by atoms with van der Waals surface area (Å²) in [7, 11) is -3.62. The van der Waals surface area contributed by atoms with E-state index in [-0.39, 0.29) is 4.90 Å². The average Bonchev–Trinajstić information content (AvgIpc) is 3.25. The zero-order valence-corrected chi connectivity index (χ0v) is 20.6. The fourth-order valence-corrected chi connectivity index (χ4v) is 6.01. The summed E-state index contributed by atoms with van der Waals surface area (Å²) in [5.41, 5.74) is 4.14. The first-order valence-electron chi connectivity index (χ1n) is 11.7. The Bertz CT molecular complexity index is 1460. The first kappa shape index (κ1) is 23.4. The van der Waals surface area contributed by atoms with E-state index in [0.717, 1.165) is 35.1 Å². The molecule has 0 aliphatic carbocycles. The van der Waals surface area contributed by atoms with Gasteiger partial charge in [-0.3, -0.25) is 4.98 Å². The monoisotopic (exact) mass is 492 g/mol. The highest BCUT2D eigenvalue weighted by atomic mass is 32.2. The van der Waals surface area contributed by atoms with Gasteiger partial charge < -0.3 is 14.6 Å². The van der Waals surface area contributed by atoms with E-state index < -0.39 is 10.0 Å². The van der Waals surface area contributed by atoms with E-state index in [9.17, 15) is 8.42 Å². The van der Waals surface area contributed by atoms with Crippen LogP contribution in [0.5, 0.6) is 0 Å². The SMILES string of the molecule is CCCn1cc(-c2ccnc(Nc3ccc(C)c(S(=O)(=O)N4CCOCC4)c3)n2)c2ccncc21. The van der Waals surface area contributed by atoms with Crippen LogP contribution >= 0.6 is 0 Å². The molecule has 0 bridgehead atoms. The van der Waals surface area contributed by atoms with Crippen LogP contribution in [0.3, 0.4) is 0 Å². The second kappa shape index (κ2) is 9.73. The standard InChI is InChI=1S/C25H28N6O3S/c1-3-10-30-17-21(20-6-8-26-16-23(20)30)22-7-9-27-25(29-22)28-19-5-4-18(2)24(15-19)35(32,33)31-11-13-34-14-12-31/h4-9,15-17H,3,10-14H2,1-2H3,(H,27,28,29). The van der Waals surface area contributed by atoms with Gasteiger partial charge in [-0.25, -0.2) is 18.4 Å². The van der Waals surface area contributed by atoms with Crippen molar-refractivity contribution in [3.05, 3.63) is 60.7 Å². The predicted octanol–water partition coefficient (Wildman–Crippen LogP) is 3.98. The van der Waals surface area contributed by atoms with Crippen molar-refractivity contribution < 1.29 is 13.2 Å². The summed E-state index contributed by atoms with van der Waals surface area (Å²) in [6, 6.07) is 9.15. The number of sulfonamides is 1. The fraction of sp³-hybridized carbons (Fsp3) is 0.320. The summed E-state index contributed by atoms with van der Waals surface area (Å²) in [6.45, 7) is 6.35. The number of hydrogen-bond acceptors (Lipinski definition) is 7. The lowest BCUT2D eigenvalue weighted by molar-refractivity contribution is 0.0730. The number of nitrogens with zero attached hydrogens (tertiary/aromatic N) is 5. The first-order chi connectivity index (χ1) is 17.0. The summed E-state index contributed by atoms with van der Waals surface area (Å²) >= 11 is 0. The Morgan fingerprint density at radius 3 is 2.74 bits per heavy atom. The van der Waals surface area contributed by atoms with Gasteiger partial charge in [0.25, 0.3) is 0 Å². The van der Waals surface area contributed by atoms with E-state index >= 15 is 0 Å². The van der Waals surface area contributed by atoms with E-state index in [2.05, 4.69) is 33.0 Å². The summed E-state index contributed by atoms with van der Waals surface area (Å²) in [5.74, 6) is 0.395. The van der Waals surface area contributed by atoms with E-state index in [1.54, 1.807) is 31.5 Å². The highest BCUT2D eigenvalue weighted by molar-refractivity contribution is 7.89. The Kier molecular flexibility index (Phi) is 6.50. The molecule has 0 unspecified atom stereocenters. The molecule has 1 aliphatic rings. The van der Waals surface area contributed by atoms with Crippen molar-refractivity contribution in [3.63, 3.8) is 0 Å². The molecule has 9 nitrogen and oxygen atoms in total. The molecule has 1 N–H and O–H groups in total. The fourth-order valence-electron chi connectivity index (χ4n) is 4.35. The third kappa shape index (κ3) is 4.64. The minimum atomic E-state index is -3.62. The normalized spacial score (nSPS) is 14.9. The molecule has 1 saturated heterocycles. The summed E-state index contributed by atoms with van der Waals surface area (Å²) in [6.07, 6.45) is 8.47. The minimum absolute atomic E-state index is 0.274. The first-order valence-corrected chi connectivity index (χ1v) is 13.1. The molecule has 182 valence electrons.